The minimum Gasteiger partial charge on any atom is -0.468 e. The maximum Gasteiger partial charge on any atom is 0.322 e. The van der Waals surface area contributed by atoms with E-state index in [1.54, 1.807) is 0 Å². The molecule has 0 aliphatic rings. The Morgan fingerprint density at radius 3 is 2.19 bits per heavy atom. The van der Waals surface area contributed by atoms with Crippen molar-refractivity contribution in [2.45, 2.75) is 12.5 Å². The first-order chi connectivity index (χ1) is 9.69. The lowest BCUT2D eigenvalue weighted by Gasteiger charge is -2.10. The lowest BCUT2D eigenvalue weighted by molar-refractivity contribution is -0.142. The number of hydrogen-bond acceptors (Lipinski definition) is 4. The summed E-state index contributed by atoms with van der Waals surface area (Å²) < 4.78 is 10.3. The lowest BCUT2D eigenvalue weighted by atomic mass is 10.1. The van der Waals surface area contributed by atoms with Crippen LogP contribution in [0, 0.1) is 0 Å². The molecule has 0 fully saturated rings. The van der Waals surface area contributed by atoms with E-state index in [-0.39, 0.29) is 12.4 Å². The molecule has 0 amide bonds. The molecule has 21 heavy (non-hydrogen) atoms. The summed E-state index contributed by atoms with van der Waals surface area (Å²) in [7, 11) is 1.33. The maximum atomic E-state index is 11.3. The summed E-state index contributed by atoms with van der Waals surface area (Å²) in [5.41, 5.74) is 6.68. The molecule has 2 aromatic carbocycles. The van der Waals surface area contributed by atoms with Crippen molar-refractivity contribution in [1.29, 1.82) is 0 Å². The number of para-hydroxylation sites is 1. The molecule has 0 saturated carbocycles. The van der Waals surface area contributed by atoms with Crippen molar-refractivity contribution >= 4 is 18.4 Å². The fourth-order valence-electron chi connectivity index (χ4n) is 1.81. The van der Waals surface area contributed by atoms with Crippen molar-refractivity contribution in [1.82, 2.24) is 0 Å². The lowest BCUT2D eigenvalue weighted by Crippen LogP contribution is -2.33. The van der Waals surface area contributed by atoms with Gasteiger partial charge < -0.3 is 15.2 Å². The van der Waals surface area contributed by atoms with Crippen molar-refractivity contribution in [2.24, 2.45) is 5.73 Å². The molecule has 0 saturated heterocycles. The van der Waals surface area contributed by atoms with E-state index in [9.17, 15) is 4.79 Å². The van der Waals surface area contributed by atoms with E-state index in [1.165, 1.54) is 7.11 Å². The van der Waals surface area contributed by atoms with Gasteiger partial charge in [0.1, 0.15) is 17.5 Å². The van der Waals surface area contributed by atoms with Gasteiger partial charge in [-0.2, -0.15) is 0 Å². The second-order valence-corrected chi connectivity index (χ2v) is 4.39. The third-order valence-electron chi connectivity index (χ3n) is 2.86. The van der Waals surface area contributed by atoms with Gasteiger partial charge in [0.2, 0.25) is 0 Å². The summed E-state index contributed by atoms with van der Waals surface area (Å²) in [6.45, 7) is 0. The Morgan fingerprint density at radius 1 is 1.05 bits per heavy atom. The highest BCUT2D eigenvalue weighted by Gasteiger charge is 2.13. The Balaban J connectivity index is 0.00000220. The van der Waals surface area contributed by atoms with Gasteiger partial charge in [0.15, 0.2) is 0 Å². The molecule has 4 nitrogen and oxygen atoms in total. The summed E-state index contributed by atoms with van der Waals surface area (Å²) in [6.07, 6.45) is 0.443. The van der Waals surface area contributed by atoms with Crippen molar-refractivity contribution in [3.63, 3.8) is 0 Å². The SMILES string of the molecule is COC(=O)[C@@H](N)Cc1ccc(Oc2ccccc2)cc1.Cl. The van der Waals surface area contributed by atoms with Crippen LogP contribution in [-0.4, -0.2) is 19.1 Å². The third kappa shape index (κ3) is 5.10. The number of halogens is 1. The zero-order chi connectivity index (χ0) is 14.4. The largest absolute Gasteiger partial charge is 0.468 e. The number of carbonyl (C=O) groups excluding carboxylic acids is 1. The molecule has 0 aliphatic carbocycles. The number of rotatable bonds is 5. The smallest absolute Gasteiger partial charge is 0.322 e. The van der Waals surface area contributed by atoms with Crippen LogP contribution in [0.4, 0.5) is 0 Å². The topological polar surface area (TPSA) is 61.5 Å². The quantitative estimate of drug-likeness (QED) is 0.863. The van der Waals surface area contributed by atoms with E-state index in [2.05, 4.69) is 4.74 Å². The molecule has 0 aliphatic heterocycles. The Bertz CT molecular complexity index is 557. The van der Waals surface area contributed by atoms with Crippen LogP contribution in [0.5, 0.6) is 11.5 Å². The van der Waals surface area contributed by atoms with Gasteiger partial charge in [-0.05, 0) is 36.2 Å². The molecule has 0 heterocycles. The Morgan fingerprint density at radius 2 is 1.62 bits per heavy atom. The summed E-state index contributed by atoms with van der Waals surface area (Å²) in [4.78, 5) is 11.3. The minimum atomic E-state index is -0.638. The monoisotopic (exact) mass is 307 g/mol. The van der Waals surface area contributed by atoms with Gasteiger partial charge in [-0.25, -0.2) is 0 Å². The molecule has 0 spiro atoms. The number of ether oxygens (including phenoxy) is 2. The molecule has 1 atom stereocenters. The van der Waals surface area contributed by atoms with Crippen LogP contribution in [0.3, 0.4) is 0 Å². The van der Waals surface area contributed by atoms with Crippen LogP contribution in [0.25, 0.3) is 0 Å². The molecule has 5 heteroatoms. The van der Waals surface area contributed by atoms with Crippen molar-refractivity contribution in [3.05, 3.63) is 60.2 Å². The Kier molecular flexibility index (Phi) is 6.72. The molecule has 2 rings (SSSR count). The third-order valence-corrected chi connectivity index (χ3v) is 2.86. The number of carbonyl (C=O) groups is 1. The normalized spacial score (nSPS) is 11.1. The zero-order valence-electron chi connectivity index (χ0n) is 11.7. The van der Waals surface area contributed by atoms with E-state index < -0.39 is 12.0 Å². The van der Waals surface area contributed by atoms with Crippen molar-refractivity contribution in [2.75, 3.05) is 7.11 Å². The highest BCUT2D eigenvalue weighted by molar-refractivity contribution is 5.85. The van der Waals surface area contributed by atoms with E-state index in [1.807, 2.05) is 54.6 Å². The molecular formula is C16H18ClNO3. The summed E-state index contributed by atoms with van der Waals surface area (Å²) in [5.74, 6) is 1.12. The van der Waals surface area contributed by atoms with Gasteiger partial charge in [0.05, 0.1) is 7.11 Å². The van der Waals surface area contributed by atoms with Crippen molar-refractivity contribution < 1.29 is 14.3 Å². The maximum absolute atomic E-state index is 11.3. The van der Waals surface area contributed by atoms with Crippen molar-refractivity contribution in [3.8, 4) is 11.5 Å². The summed E-state index contributed by atoms with van der Waals surface area (Å²) in [5, 5.41) is 0. The first kappa shape index (κ1) is 17.0. The fraction of sp³-hybridized carbons (Fsp3) is 0.188. The van der Waals surface area contributed by atoms with Crippen LogP contribution in [0.15, 0.2) is 54.6 Å². The average Bonchev–Trinajstić information content (AvgIpc) is 2.49. The predicted octanol–water partition coefficient (Wildman–Crippen LogP) is 2.94. The standard InChI is InChI=1S/C16H17NO3.ClH/c1-19-16(18)15(17)11-12-7-9-14(10-8-12)20-13-5-3-2-4-6-13;/h2-10,15H,11,17H2,1H3;1H/t15-;/m0./s1. The number of esters is 1. The number of benzene rings is 2. The first-order valence-corrected chi connectivity index (χ1v) is 6.34. The van der Waals surface area contributed by atoms with Crippen LogP contribution in [0.2, 0.25) is 0 Å². The summed E-state index contributed by atoms with van der Waals surface area (Å²) in [6, 6.07) is 16.4. The molecule has 0 bridgehead atoms. The van der Waals surface area contributed by atoms with Gasteiger partial charge in [0, 0.05) is 0 Å². The number of methoxy groups -OCH3 is 1. The Labute approximate surface area is 130 Å². The second kappa shape index (κ2) is 8.29. The first-order valence-electron chi connectivity index (χ1n) is 6.34. The van der Waals surface area contributed by atoms with Crippen LogP contribution in [0.1, 0.15) is 5.56 Å². The van der Waals surface area contributed by atoms with E-state index in [4.69, 9.17) is 10.5 Å². The minimum absolute atomic E-state index is 0. The van der Waals surface area contributed by atoms with Gasteiger partial charge >= 0.3 is 5.97 Å². The molecule has 2 N–H and O–H groups in total. The fourth-order valence-corrected chi connectivity index (χ4v) is 1.81. The molecule has 0 aromatic heterocycles. The number of hydrogen-bond donors (Lipinski definition) is 1. The van der Waals surface area contributed by atoms with E-state index >= 15 is 0 Å². The molecule has 112 valence electrons. The zero-order valence-corrected chi connectivity index (χ0v) is 12.5. The van der Waals surface area contributed by atoms with Crippen LogP contribution >= 0.6 is 12.4 Å². The predicted molar refractivity (Wildman–Crippen MR) is 83.9 cm³/mol. The van der Waals surface area contributed by atoms with Gasteiger partial charge in [-0.3, -0.25) is 4.79 Å². The van der Waals surface area contributed by atoms with Crippen LogP contribution in [-0.2, 0) is 16.0 Å². The Hall–Kier alpha value is -2.04. The number of nitrogens with two attached hydrogens (primary N) is 1. The second-order valence-electron chi connectivity index (χ2n) is 4.39. The van der Waals surface area contributed by atoms with Gasteiger partial charge in [-0.15, -0.1) is 12.4 Å². The highest BCUT2D eigenvalue weighted by atomic mass is 35.5. The average molecular weight is 308 g/mol. The van der Waals surface area contributed by atoms with Gasteiger partial charge in [-0.1, -0.05) is 30.3 Å². The van der Waals surface area contributed by atoms with Gasteiger partial charge in [0.25, 0.3) is 0 Å². The molecule has 0 radical (unpaired) electrons. The molecule has 2 aromatic rings. The highest BCUT2D eigenvalue weighted by Crippen LogP contribution is 2.21. The van der Waals surface area contributed by atoms with E-state index in [0.29, 0.717) is 6.42 Å². The van der Waals surface area contributed by atoms with E-state index in [0.717, 1.165) is 17.1 Å². The molecular weight excluding hydrogens is 290 g/mol. The summed E-state index contributed by atoms with van der Waals surface area (Å²) >= 11 is 0. The van der Waals surface area contributed by atoms with Crippen LogP contribution < -0.4 is 10.5 Å². The molecule has 0 unspecified atom stereocenters.